The van der Waals surface area contributed by atoms with Crippen LogP contribution in [0.4, 0.5) is 0 Å². The molecule has 0 aromatic heterocycles. The zero-order valence-electron chi connectivity index (χ0n) is 9.90. The molecule has 1 rings (SSSR count). The maximum atomic E-state index is 11.5. The van der Waals surface area contributed by atoms with Gasteiger partial charge in [0.15, 0.2) is 0 Å². The normalized spacial score (nSPS) is 10.3. The first-order chi connectivity index (χ1) is 8.13. The van der Waals surface area contributed by atoms with Crippen LogP contribution in [0.2, 0.25) is 0 Å². The summed E-state index contributed by atoms with van der Waals surface area (Å²) in [6.07, 6.45) is 1.02. The number of methoxy groups -OCH3 is 1. The van der Waals surface area contributed by atoms with E-state index in [4.69, 9.17) is 11.5 Å². The van der Waals surface area contributed by atoms with Crippen LogP contribution in [-0.4, -0.2) is 31.3 Å². The smallest absolute Gasteiger partial charge is 0.337 e. The van der Waals surface area contributed by atoms with Crippen molar-refractivity contribution in [3.8, 4) is 5.75 Å². The Bertz CT molecular complexity index is 378. The summed E-state index contributed by atoms with van der Waals surface area (Å²) in [4.78, 5) is 11.5. The average molecular weight is 238 g/mol. The molecule has 0 saturated carbocycles. The largest absolute Gasteiger partial charge is 0.507 e. The molecule has 5 N–H and O–H groups in total. The van der Waals surface area contributed by atoms with E-state index >= 15 is 0 Å². The Balaban J connectivity index is 3.20. The first-order valence-corrected chi connectivity index (χ1v) is 5.47. The number of aromatic hydroxyl groups is 1. The Morgan fingerprint density at radius 2 is 1.71 bits per heavy atom. The van der Waals surface area contributed by atoms with E-state index in [1.165, 1.54) is 7.11 Å². The molecule has 1 aromatic carbocycles. The van der Waals surface area contributed by atoms with Crippen LogP contribution in [0.1, 0.15) is 21.5 Å². The van der Waals surface area contributed by atoms with Crippen LogP contribution < -0.4 is 11.5 Å². The maximum absolute atomic E-state index is 11.5. The molecule has 0 heterocycles. The number of nitrogens with two attached hydrogens (primary N) is 2. The number of rotatable bonds is 5. The van der Waals surface area contributed by atoms with Gasteiger partial charge in [0.2, 0.25) is 0 Å². The van der Waals surface area contributed by atoms with Gasteiger partial charge in [-0.1, -0.05) is 0 Å². The maximum Gasteiger partial charge on any atom is 0.337 e. The number of ether oxygens (including phenoxy) is 1. The molecular formula is C12H18N2O3. The third kappa shape index (κ3) is 3.18. The number of carbonyl (C=O) groups excluding carboxylic acids is 1. The zero-order chi connectivity index (χ0) is 12.8. The summed E-state index contributed by atoms with van der Waals surface area (Å²) in [6.45, 7) is 0.806. The highest BCUT2D eigenvalue weighted by atomic mass is 16.5. The van der Waals surface area contributed by atoms with Crippen molar-refractivity contribution in [3.05, 3.63) is 28.8 Å². The molecule has 1 aromatic rings. The lowest BCUT2D eigenvalue weighted by molar-refractivity contribution is 0.0600. The minimum Gasteiger partial charge on any atom is -0.507 e. The summed E-state index contributed by atoms with van der Waals surface area (Å²) in [5.41, 5.74) is 12.6. The molecule has 0 spiro atoms. The zero-order valence-corrected chi connectivity index (χ0v) is 9.90. The minimum absolute atomic E-state index is 0.175. The lowest BCUT2D eigenvalue weighted by Gasteiger charge is -2.11. The van der Waals surface area contributed by atoms with Crippen molar-refractivity contribution in [1.82, 2.24) is 0 Å². The Hall–Kier alpha value is -1.59. The Kier molecular flexibility index (Phi) is 4.93. The van der Waals surface area contributed by atoms with Gasteiger partial charge in [0.05, 0.1) is 12.7 Å². The van der Waals surface area contributed by atoms with Crippen molar-refractivity contribution < 1.29 is 14.6 Å². The number of benzene rings is 1. The Labute approximate surface area is 100 Å². The first kappa shape index (κ1) is 13.5. The second kappa shape index (κ2) is 6.22. The predicted molar refractivity (Wildman–Crippen MR) is 65.0 cm³/mol. The molecule has 0 radical (unpaired) electrons. The van der Waals surface area contributed by atoms with Crippen molar-refractivity contribution in [3.63, 3.8) is 0 Å². The van der Waals surface area contributed by atoms with E-state index in [1.807, 2.05) is 0 Å². The summed E-state index contributed by atoms with van der Waals surface area (Å²) in [6, 6.07) is 3.21. The fourth-order valence-corrected chi connectivity index (χ4v) is 1.69. The molecule has 0 fully saturated rings. The fourth-order valence-electron chi connectivity index (χ4n) is 1.69. The van der Waals surface area contributed by atoms with Crippen LogP contribution >= 0.6 is 0 Å². The van der Waals surface area contributed by atoms with Gasteiger partial charge in [-0.25, -0.2) is 4.79 Å². The Morgan fingerprint density at radius 1 is 1.24 bits per heavy atom. The highest BCUT2D eigenvalue weighted by Crippen LogP contribution is 2.25. The third-order valence-electron chi connectivity index (χ3n) is 2.52. The van der Waals surface area contributed by atoms with Gasteiger partial charge in [0.25, 0.3) is 0 Å². The van der Waals surface area contributed by atoms with E-state index in [0.29, 0.717) is 42.6 Å². The lowest BCUT2D eigenvalue weighted by atomic mass is 9.99. The Morgan fingerprint density at radius 3 is 2.06 bits per heavy atom. The van der Waals surface area contributed by atoms with E-state index in [9.17, 15) is 9.90 Å². The first-order valence-electron chi connectivity index (χ1n) is 5.47. The molecule has 0 aliphatic rings. The highest BCUT2D eigenvalue weighted by molar-refractivity contribution is 5.90. The minimum atomic E-state index is -0.429. The molecule has 0 aliphatic carbocycles. The molecule has 0 bridgehead atoms. The molecule has 94 valence electrons. The third-order valence-corrected chi connectivity index (χ3v) is 2.52. The summed E-state index contributed by atoms with van der Waals surface area (Å²) in [5.74, 6) is -0.255. The molecule has 17 heavy (non-hydrogen) atoms. The van der Waals surface area contributed by atoms with Gasteiger partial charge >= 0.3 is 5.97 Å². The molecule has 0 saturated heterocycles. The van der Waals surface area contributed by atoms with Crippen LogP contribution in [0.25, 0.3) is 0 Å². The average Bonchev–Trinajstić information content (AvgIpc) is 2.33. The summed E-state index contributed by atoms with van der Waals surface area (Å²) in [7, 11) is 1.32. The topological polar surface area (TPSA) is 98.6 Å². The number of phenols is 1. The molecule has 0 aliphatic heterocycles. The molecule has 5 heteroatoms. The number of carbonyl (C=O) groups is 1. The fraction of sp³-hybridized carbons (Fsp3) is 0.417. The number of phenolic OH excluding ortho intramolecular Hbond substituents is 1. The summed E-state index contributed by atoms with van der Waals surface area (Å²) < 4.78 is 4.66. The molecule has 5 nitrogen and oxygen atoms in total. The van der Waals surface area contributed by atoms with Gasteiger partial charge in [-0.2, -0.15) is 0 Å². The van der Waals surface area contributed by atoms with Crippen molar-refractivity contribution in [2.24, 2.45) is 11.5 Å². The van der Waals surface area contributed by atoms with Gasteiger partial charge in [0.1, 0.15) is 5.75 Å². The van der Waals surface area contributed by atoms with Gasteiger partial charge in [-0.05, 0) is 49.2 Å². The predicted octanol–water partition coefficient (Wildman–Crippen LogP) is 0.181. The van der Waals surface area contributed by atoms with Crippen molar-refractivity contribution in [2.75, 3.05) is 20.2 Å². The lowest BCUT2D eigenvalue weighted by Crippen LogP contribution is -2.10. The molecule has 0 atom stereocenters. The second-order valence-electron chi connectivity index (χ2n) is 3.71. The molecule has 0 amide bonds. The van der Waals surface area contributed by atoms with Crippen molar-refractivity contribution in [2.45, 2.75) is 12.8 Å². The van der Waals surface area contributed by atoms with Crippen molar-refractivity contribution in [1.29, 1.82) is 0 Å². The van der Waals surface area contributed by atoms with E-state index in [1.54, 1.807) is 12.1 Å². The second-order valence-corrected chi connectivity index (χ2v) is 3.71. The molecular weight excluding hydrogens is 220 g/mol. The van der Waals surface area contributed by atoms with Crippen LogP contribution in [-0.2, 0) is 17.6 Å². The summed E-state index contributed by atoms with van der Waals surface area (Å²) >= 11 is 0. The van der Waals surface area contributed by atoms with Crippen LogP contribution in [0.3, 0.4) is 0 Å². The van der Waals surface area contributed by atoms with Gasteiger partial charge in [-0.15, -0.1) is 0 Å². The van der Waals surface area contributed by atoms with Gasteiger partial charge < -0.3 is 21.3 Å². The van der Waals surface area contributed by atoms with Crippen LogP contribution in [0.15, 0.2) is 12.1 Å². The number of esters is 1. The van der Waals surface area contributed by atoms with Gasteiger partial charge in [0, 0.05) is 0 Å². The van der Waals surface area contributed by atoms with Crippen LogP contribution in [0.5, 0.6) is 5.75 Å². The highest BCUT2D eigenvalue weighted by Gasteiger charge is 2.13. The van der Waals surface area contributed by atoms with Gasteiger partial charge in [-0.3, -0.25) is 0 Å². The standard InChI is InChI=1S/C12H18N2O3/c1-17-12(16)10-6-8(2-4-13)11(15)9(7-10)3-5-14/h6-7,15H,2-5,13-14H2,1H3. The molecule has 0 unspecified atom stereocenters. The summed E-state index contributed by atoms with van der Waals surface area (Å²) in [5, 5.41) is 9.97. The quantitative estimate of drug-likeness (QED) is 0.636. The number of hydrogen-bond acceptors (Lipinski definition) is 5. The van der Waals surface area contributed by atoms with Crippen molar-refractivity contribution >= 4 is 5.97 Å². The van der Waals surface area contributed by atoms with E-state index in [0.717, 1.165) is 0 Å². The number of hydrogen-bond donors (Lipinski definition) is 3. The van der Waals surface area contributed by atoms with E-state index < -0.39 is 5.97 Å². The van der Waals surface area contributed by atoms with E-state index in [2.05, 4.69) is 4.74 Å². The van der Waals surface area contributed by atoms with Crippen LogP contribution in [0, 0.1) is 0 Å². The monoisotopic (exact) mass is 238 g/mol. The van der Waals surface area contributed by atoms with E-state index in [-0.39, 0.29) is 5.75 Å². The SMILES string of the molecule is COC(=O)c1cc(CCN)c(O)c(CCN)c1.